The van der Waals surface area contributed by atoms with Crippen LogP contribution in [0.25, 0.3) is 0 Å². The van der Waals surface area contributed by atoms with Gasteiger partial charge in [-0.25, -0.2) is 18.1 Å². The van der Waals surface area contributed by atoms with Crippen molar-refractivity contribution < 1.29 is 18.0 Å². The van der Waals surface area contributed by atoms with Gasteiger partial charge in [0.15, 0.2) is 5.03 Å². The summed E-state index contributed by atoms with van der Waals surface area (Å²) in [5.74, 6) is -0.593. The summed E-state index contributed by atoms with van der Waals surface area (Å²) >= 11 is 0. The third-order valence-corrected chi connectivity index (χ3v) is 5.27. The molecule has 0 saturated heterocycles. The molecule has 0 radical (unpaired) electrons. The zero-order chi connectivity index (χ0) is 17.9. The van der Waals surface area contributed by atoms with Crippen molar-refractivity contribution in [2.75, 3.05) is 13.1 Å². The van der Waals surface area contributed by atoms with Gasteiger partial charge in [-0.2, -0.15) is 0 Å². The molecule has 8 heteroatoms. The van der Waals surface area contributed by atoms with E-state index in [1.807, 2.05) is 0 Å². The molecule has 3 rings (SSSR count). The molecule has 2 heterocycles. The maximum atomic E-state index is 12.2. The number of pyridine rings is 1. The number of carbonyl (C=O) groups excluding carboxylic acids is 2. The average molecular weight is 359 g/mol. The number of nitrogens with one attached hydrogen (secondary N) is 1. The number of hydrogen-bond acceptors (Lipinski definition) is 5. The molecule has 130 valence electrons. The van der Waals surface area contributed by atoms with Crippen LogP contribution in [-0.2, 0) is 10.0 Å². The molecule has 0 fully saturated rings. The summed E-state index contributed by atoms with van der Waals surface area (Å²) in [5, 5.41) is -0.0321. The zero-order valence-corrected chi connectivity index (χ0v) is 14.2. The summed E-state index contributed by atoms with van der Waals surface area (Å²) < 4.78 is 26.5. The van der Waals surface area contributed by atoms with Gasteiger partial charge in [-0.15, -0.1) is 0 Å². The van der Waals surface area contributed by atoms with Crippen LogP contribution >= 0.6 is 0 Å². The highest BCUT2D eigenvalue weighted by atomic mass is 32.2. The smallest absolute Gasteiger partial charge is 0.261 e. The zero-order valence-electron chi connectivity index (χ0n) is 13.4. The Balaban J connectivity index is 1.49. The standard InChI is InChI=1S/C17H17N3O4S/c21-16-13-7-1-2-8-14(13)17(22)20(16)12-6-5-11-19-25(23,24)15-9-3-4-10-18-15/h1-4,7-10,19H,5-6,11-12H2. The molecule has 0 saturated carbocycles. The fourth-order valence-electron chi connectivity index (χ4n) is 2.62. The topological polar surface area (TPSA) is 96.4 Å². The van der Waals surface area contributed by atoms with Gasteiger partial charge in [0.25, 0.3) is 21.8 Å². The minimum absolute atomic E-state index is 0.0321. The van der Waals surface area contributed by atoms with Gasteiger partial charge in [-0.3, -0.25) is 14.5 Å². The predicted molar refractivity (Wildman–Crippen MR) is 90.5 cm³/mol. The lowest BCUT2D eigenvalue weighted by atomic mass is 10.1. The number of carbonyl (C=O) groups is 2. The first kappa shape index (κ1) is 17.2. The van der Waals surface area contributed by atoms with Crippen LogP contribution in [0.1, 0.15) is 33.6 Å². The van der Waals surface area contributed by atoms with Crippen molar-refractivity contribution in [2.24, 2.45) is 0 Å². The highest BCUT2D eigenvalue weighted by Crippen LogP contribution is 2.22. The summed E-state index contributed by atoms with van der Waals surface area (Å²) in [6, 6.07) is 11.4. The minimum Gasteiger partial charge on any atom is -0.274 e. The molecule has 0 unspecified atom stereocenters. The Kier molecular flexibility index (Phi) is 4.91. The third-order valence-electron chi connectivity index (χ3n) is 3.89. The van der Waals surface area contributed by atoms with E-state index < -0.39 is 10.0 Å². The number of amides is 2. The Hall–Kier alpha value is -2.58. The van der Waals surface area contributed by atoms with E-state index in [1.165, 1.54) is 17.2 Å². The fourth-order valence-corrected chi connectivity index (χ4v) is 3.64. The number of fused-ring (bicyclic) bond motifs is 1. The third kappa shape index (κ3) is 3.59. The normalized spacial score (nSPS) is 14.0. The number of aromatic nitrogens is 1. The lowest BCUT2D eigenvalue weighted by molar-refractivity contribution is 0.0652. The molecular formula is C17H17N3O4S. The summed E-state index contributed by atoms with van der Waals surface area (Å²) in [4.78, 5) is 29.4. The molecule has 0 bridgehead atoms. The Morgan fingerprint density at radius 1 is 0.920 bits per heavy atom. The highest BCUT2D eigenvalue weighted by molar-refractivity contribution is 7.89. The van der Waals surface area contributed by atoms with Gasteiger partial charge >= 0.3 is 0 Å². The maximum Gasteiger partial charge on any atom is 0.261 e. The molecule has 0 aliphatic carbocycles. The molecule has 1 aliphatic heterocycles. The van der Waals surface area contributed by atoms with E-state index in [2.05, 4.69) is 9.71 Å². The van der Waals surface area contributed by atoms with E-state index in [0.29, 0.717) is 24.0 Å². The van der Waals surface area contributed by atoms with Gasteiger partial charge in [0.2, 0.25) is 0 Å². The van der Waals surface area contributed by atoms with E-state index in [1.54, 1.807) is 36.4 Å². The molecule has 1 aromatic carbocycles. The molecule has 0 atom stereocenters. The largest absolute Gasteiger partial charge is 0.274 e. The number of rotatable bonds is 7. The van der Waals surface area contributed by atoms with E-state index >= 15 is 0 Å². The van der Waals surface area contributed by atoms with Gasteiger partial charge in [0, 0.05) is 19.3 Å². The number of unbranched alkanes of at least 4 members (excludes halogenated alkanes) is 1. The first-order valence-electron chi connectivity index (χ1n) is 7.86. The Bertz CT molecular complexity index is 862. The van der Waals surface area contributed by atoms with Crippen LogP contribution in [0.5, 0.6) is 0 Å². The van der Waals surface area contributed by atoms with Crippen molar-refractivity contribution in [3.8, 4) is 0 Å². The number of nitrogens with zero attached hydrogens (tertiary/aromatic N) is 2. The predicted octanol–water partition coefficient (Wildman–Crippen LogP) is 1.44. The van der Waals surface area contributed by atoms with Crippen LogP contribution in [0.15, 0.2) is 53.7 Å². The van der Waals surface area contributed by atoms with E-state index in [0.717, 1.165) is 0 Å². The second-order valence-electron chi connectivity index (χ2n) is 5.58. The Morgan fingerprint density at radius 3 is 2.16 bits per heavy atom. The summed E-state index contributed by atoms with van der Waals surface area (Å²) in [5.41, 5.74) is 0.840. The molecule has 25 heavy (non-hydrogen) atoms. The second kappa shape index (κ2) is 7.12. The van der Waals surface area contributed by atoms with Gasteiger partial charge < -0.3 is 0 Å². The molecule has 1 N–H and O–H groups in total. The van der Waals surface area contributed by atoms with Crippen LogP contribution in [0.4, 0.5) is 0 Å². The summed E-state index contributed by atoms with van der Waals surface area (Å²) in [7, 11) is -3.63. The lowest BCUT2D eigenvalue weighted by Crippen LogP contribution is -2.31. The monoisotopic (exact) mass is 359 g/mol. The first-order chi connectivity index (χ1) is 12.0. The van der Waals surface area contributed by atoms with Gasteiger partial charge in [0.1, 0.15) is 0 Å². The van der Waals surface area contributed by atoms with E-state index in [4.69, 9.17) is 0 Å². The number of benzene rings is 1. The SMILES string of the molecule is O=C1c2ccccc2C(=O)N1CCCCNS(=O)(=O)c1ccccn1. The molecular weight excluding hydrogens is 342 g/mol. The summed E-state index contributed by atoms with van der Waals surface area (Å²) in [6.45, 7) is 0.472. The van der Waals surface area contributed by atoms with Crippen molar-refractivity contribution in [3.63, 3.8) is 0 Å². The van der Waals surface area contributed by atoms with Crippen molar-refractivity contribution in [2.45, 2.75) is 17.9 Å². The quantitative estimate of drug-likeness (QED) is 0.596. The van der Waals surface area contributed by atoms with Crippen LogP contribution in [0, 0.1) is 0 Å². The maximum absolute atomic E-state index is 12.2. The number of sulfonamides is 1. The molecule has 1 aromatic heterocycles. The Morgan fingerprint density at radius 2 is 1.56 bits per heavy atom. The van der Waals surface area contributed by atoms with Gasteiger partial charge in [-0.05, 0) is 37.1 Å². The van der Waals surface area contributed by atoms with Crippen molar-refractivity contribution in [1.29, 1.82) is 0 Å². The van der Waals surface area contributed by atoms with Gasteiger partial charge in [-0.1, -0.05) is 18.2 Å². The van der Waals surface area contributed by atoms with Crippen molar-refractivity contribution >= 4 is 21.8 Å². The van der Waals surface area contributed by atoms with Crippen molar-refractivity contribution in [1.82, 2.24) is 14.6 Å². The molecule has 1 aliphatic rings. The van der Waals surface area contributed by atoms with Gasteiger partial charge in [0.05, 0.1) is 11.1 Å². The Labute approximate surface area is 145 Å². The number of imide groups is 1. The average Bonchev–Trinajstić information content (AvgIpc) is 2.87. The summed E-state index contributed by atoms with van der Waals surface area (Å²) in [6.07, 6.45) is 2.42. The van der Waals surface area contributed by atoms with E-state index in [-0.39, 0.29) is 29.9 Å². The molecule has 0 spiro atoms. The molecule has 2 amide bonds. The van der Waals surface area contributed by atoms with Crippen LogP contribution in [-0.4, -0.2) is 43.2 Å². The lowest BCUT2D eigenvalue weighted by Gasteiger charge is -2.13. The highest BCUT2D eigenvalue weighted by Gasteiger charge is 2.34. The van der Waals surface area contributed by atoms with Crippen LogP contribution < -0.4 is 4.72 Å². The van der Waals surface area contributed by atoms with Crippen molar-refractivity contribution in [3.05, 3.63) is 59.8 Å². The first-order valence-corrected chi connectivity index (χ1v) is 9.35. The van der Waals surface area contributed by atoms with E-state index in [9.17, 15) is 18.0 Å². The molecule has 2 aromatic rings. The second-order valence-corrected chi connectivity index (χ2v) is 7.29. The fraction of sp³-hybridized carbons (Fsp3) is 0.235. The van der Waals surface area contributed by atoms with Crippen LogP contribution in [0.2, 0.25) is 0 Å². The number of hydrogen-bond donors (Lipinski definition) is 1. The molecule has 7 nitrogen and oxygen atoms in total. The van der Waals surface area contributed by atoms with Crippen LogP contribution in [0.3, 0.4) is 0 Å². The minimum atomic E-state index is -3.63.